The molecular formula is C14H20N2O. The maximum Gasteiger partial charge on any atom is 0.253 e. The van der Waals surface area contributed by atoms with Gasteiger partial charge in [0.2, 0.25) is 0 Å². The van der Waals surface area contributed by atoms with Crippen LogP contribution in [0.25, 0.3) is 0 Å². The lowest BCUT2D eigenvalue weighted by molar-refractivity contribution is 0.0944. The molecule has 1 saturated carbocycles. The van der Waals surface area contributed by atoms with Crippen molar-refractivity contribution in [3.8, 4) is 0 Å². The van der Waals surface area contributed by atoms with Crippen molar-refractivity contribution >= 4 is 11.6 Å². The van der Waals surface area contributed by atoms with Crippen LogP contribution in [0, 0.1) is 6.92 Å². The molecule has 0 atom stereocenters. The highest BCUT2D eigenvalue weighted by atomic mass is 16.1. The lowest BCUT2D eigenvalue weighted by Gasteiger charge is -2.14. The third kappa shape index (κ3) is 3.22. The van der Waals surface area contributed by atoms with Crippen molar-refractivity contribution in [1.82, 2.24) is 5.32 Å². The van der Waals surface area contributed by atoms with E-state index in [9.17, 15) is 4.79 Å². The molecule has 3 heteroatoms. The summed E-state index contributed by atoms with van der Waals surface area (Å²) >= 11 is 0. The van der Waals surface area contributed by atoms with E-state index in [1.807, 2.05) is 39.0 Å². The molecule has 1 fully saturated rings. The van der Waals surface area contributed by atoms with Crippen molar-refractivity contribution in [1.29, 1.82) is 0 Å². The second kappa shape index (κ2) is 4.78. The Bertz CT molecular complexity index is 422. The maximum absolute atomic E-state index is 12.1. The molecule has 17 heavy (non-hydrogen) atoms. The van der Waals surface area contributed by atoms with E-state index in [0.29, 0.717) is 6.04 Å². The third-order valence-corrected chi connectivity index (χ3v) is 2.78. The summed E-state index contributed by atoms with van der Waals surface area (Å²) in [6, 6.07) is 6.71. The van der Waals surface area contributed by atoms with Gasteiger partial charge >= 0.3 is 0 Å². The standard InChI is InChI=1S/C14H20N2O/c1-9(2)15-14(17)12-8-10(3)4-7-13(12)16-11-5-6-11/h4,7-9,11,16H,5-6H2,1-3H3,(H,15,17). The first-order valence-electron chi connectivity index (χ1n) is 6.24. The zero-order chi connectivity index (χ0) is 12.4. The second-order valence-electron chi connectivity index (χ2n) is 5.10. The molecule has 1 aromatic carbocycles. The normalized spacial score (nSPS) is 14.8. The van der Waals surface area contributed by atoms with E-state index < -0.39 is 0 Å². The van der Waals surface area contributed by atoms with Crippen LogP contribution in [0.2, 0.25) is 0 Å². The smallest absolute Gasteiger partial charge is 0.253 e. The van der Waals surface area contributed by atoms with Crippen LogP contribution < -0.4 is 10.6 Å². The second-order valence-corrected chi connectivity index (χ2v) is 5.10. The minimum absolute atomic E-state index is 0.00634. The van der Waals surface area contributed by atoms with Crippen LogP contribution in [0.1, 0.15) is 42.6 Å². The Labute approximate surface area is 103 Å². The SMILES string of the molecule is Cc1ccc(NC2CC2)c(C(=O)NC(C)C)c1. The Morgan fingerprint density at radius 3 is 2.65 bits per heavy atom. The Morgan fingerprint density at radius 1 is 1.35 bits per heavy atom. The number of hydrogen-bond acceptors (Lipinski definition) is 2. The first-order chi connectivity index (χ1) is 8.06. The van der Waals surface area contributed by atoms with Gasteiger partial charge in [0, 0.05) is 17.8 Å². The molecule has 0 heterocycles. The number of carbonyl (C=O) groups is 1. The summed E-state index contributed by atoms with van der Waals surface area (Å²) in [5, 5.41) is 6.35. The summed E-state index contributed by atoms with van der Waals surface area (Å²) in [5.41, 5.74) is 2.82. The molecule has 2 N–H and O–H groups in total. The van der Waals surface area contributed by atoms with E-state index in [2.05, 4.69) is 10.6 Å². The van der Waals surface area contributed by atoms with Gasteiger partial charge in [-0.2, -0.15) is 0 Å². The summed E-state index contributed by atoms with van der Waals surface area (Å²) in [4.78, 5) is 12.1. The molecule has 1 aromatic rings. The molecule has 0 aromatic heterocycles. The van der Waals surface area contributed by atoms with Crippen LogP contribution in [0.3, 0.4) is 0 Å². The molecule has 1 amide bonds. The fourth-order valence-corrected chi connectivity index (χ4v) is 1.76. The van der Waals surface area contributed by atoms with E-state index in [1.54, 1.807) is 0 Å². The fourth-order valence-electron chi connectivity index (χ4n) is 1.76. The lowest BCUT2D eigenvalue weighted by Crippen LogP contribution is -2.30. The average Bonchev–Trinajstić information content (AvgIpc) is 3.03. The summed E-state index contributed by atoms with van der Waals surface area (Å²) in [5.74, 6) is 0.00634. The molecule has 92 valence electrons. The van der Waals surface area contributed by atoms with Crippen LogP contribution in [-0.2, 0) is 0 Å². The summed E-state index contributed by atoms with van der Waals surface area (Å²) in [6.07, 6.45) is 2.41. The van der Waals surface area contributed by atoms with Gasteiger partial charge in [0.25, 0.3) is 5.91 Å². The monoisotopic (exact) mass is 232 g/mol. The first kappa shape index (κ1) is 12.0. The Balaban J connectivity index is 2.21. The van der Waals surface area contributed by atoms with E-state index in [-0.39, 0.29) is 11.9 Å². The minimum Gasteiger partial charge on any atom is -0.382 e. The Morgan fingerprint density at radius 2 is 2.06 bits per heavy atom. The first-order valence-corrected chi connectivity index (χ1v) is 6.24. The van der Waals surface area contributed by atoms with Gasteiger partial charge in [0.05, 0.1) is 5.56 Å². The van der Waals surface area contributed by atoms with Gasteiger partial charge in [-0.05, 0) is 45.7 Å². The molecule has 0 saturated heterocycles. The molecule has 1 aliphatic carbocycles. The molecule has 1 aliphatic rings. The van der Waals surface area contributed by atoms with Gasteiger partial charge in [-0.1, -0.05) is 11.6 Å². The van der Waals surface area contributed by atoms with Gasteiger partial charge in [-0.25, -0.2) is 0 Å². The molecule has 0 aliphatic heterocycles. The third-order valence-electron chi connectivity index (χ3n) is 2.78. The zero-order valence-electron chi connectivity index (χ0n) is 10.7. The van der Waals surface area contributed by atoms with Crippen LogP contribution in [0.4, 0.5) is 5.69 Å². The number of rotatable bonds is 4. The van der Waals surface area contributed by atoms with Gasteiger partial charge < -0.3 is 10.6 Å². The number of anilines is 1. The molecule has 0 radical (unpaired) electrons. The van der Waals surface area contributed by atoms with Crippen molar-refractivity contribution in [3.63, 3.8) is 0 Å². The molecule has 2 rings (SSSR count). The van der Waals surface area contributed by atoms with Crippen molar-refractivity contribution in [2.75, 3.05) is 5.32 Å². The van der Waals surface area contributed by atoms with E-state index in [1.165, 1.54) is 12.8 Å². The number of carbonyl (C=O) groups excluding carboxylic acids is 1. The number of hydrogen-bond donors (Lipinski definition) is 2. The van der Waals surface area contributed by atoms with Crippen LogP contribution in [0.5, 0.6) is 0 Å². The Kier molecular flexibility index (Phi) is 3.36. The highest BCUT2D eigenvalue weighted by Gasteiger charge is 2.23. The number of aryl methyl sites for hydroxylation is 1. The number of benzene rings is 1. The molecule has 0 bridgehead atoms. The van der Waals surface area contributed by atoms with Gasteiger partial charge in [0.15, 0.2) is 0 Å². The summed E-state index contributed by atoms with van der Waals surface area (Å²) in [7, 11) is 0. The molecule has 3 nitrogen and oxygen atoms in total. The van der Waals surface area contributed by atoms with E-state index >= 15 is 0 Å². The highest BCUT2D eigenvalue weighted by molar-refractivity contribution is 6.00. The van der Waals surface area contributed by atoms with Crippen LogP contribution in [-0.4, -0.2) is 18.0 Å². The number of amides is 1. The van der Waals surface area contributed by atoms with Crippen molar-refractivity contribution < 1.29 is 4.79 Å². The van der Waals surface area contributed by atoms with Gasteiger partial charge in [0.1, 0.15) is 0 Å². The van der Waals surface area contributed by atoms with Gasteiger partial charge in [-0.15, -0.1) is 0 Å². The quantitative estimate of drug-likeness (QED) is 0.838. The van der Waals surface area contributed by atoms with Crippen molar-refractivity contribution in [3.05, 3.63) is 29.3 Å². The predicted molar refractivity (Wildman–Crippen MR) is 70.4 cm³/mol. The average molecular weight is 232 g/mol. The largest absolute Gasteiger partial charge is 0.382 e. The minimum atomic E-state index is 0.00634. The summed E-state index contributed by atoms with van der Waals surface area (Å²) in [6.45, 7) is 5.95. The number of nitrogens with one attached hydrogen (secondary N) is 2. The van der Waals surface area contributed by atoms with Crippen molar-refractivity contribution in [2.24, 2.45) is 0 Å². The zero-order valence-corrected chi connectivity index (χ0v) is 10.7. The molecule has 0 spiro atoms. The molecule has 0 unspecified atom stereocenters. The highest BCUT2D eigenvalue weighted by Crippen LogP contribution is 2.27. The predicted octanol–water partition coefficient (Wildman–Crippen LogP) is 2.71. The van der Waals surface area contributed by atoms with Crippen LogP contribution >= 0.6 is 0 Å². The van der Waals surface area contributed by atoms with E-state index in [4.69, 9.17) is 0 Å². The van der Waals surface area contributed by atoms with Gasteiger partial charge in [-0.3, -0.25) is 4.79 Å². The van der Waals surface area contributed by atoms with Crippen LogP contribution in [0.15, 0.2) is 18.2 Å². The molecular weight excluding hydrogens is 212 g/mol. The van der Waals surface area contributed by atoms with Crippen molar-refractivity contribution in [2.45, 2.75) is 45.7 Å². The Hall–Kier alpha value is -1.51. The van der Waals surface area contributed by atoms with E-state index in [0.717, 1.165) is 16.8 Å². The lowest BCUT2D eigenvalue weighted by atomic mass is 10.1. The fraction of sp³-hybridized carbons (Fsp3) is 0.500. The maximum atomic E-state index is 12.1. The summed E-state index contributed by atoms with van der Waals surface area (Å²) < 4.78 is 0. The topological polar surface area (TPSA) is 41.1 Å².